The van der Waals surface area contributed by atoms with E-state index in [1.54, 1.807) is 0 Å². The fourth-order valence-electron chi connectivity index (χ4n) is 2.63. The van der Waals surface area contributed by atoms with Crippen LogP contribution in [0.4, 0.5) is 10.1 Å². The molecule has 0 unspecified atom stereocenters. The lowest BCUT2D eigenvalue weighted by Gasteiger charge is -2.22. The lowest BCUT2D eigenvalue weighted by molar-refractivity contribution is -0.119. The summed E-state index contributed by atoms with van der Waals surface area (Å²) in [5, 5.41) is 2.38. The first-order valence-corrected chi connectivity index (χ1v) is 11.3. The Balaban J connectivity index is 1.87. The topological polar surface area (TPSA) is 75.7 Å². The number of ether oxygens (including phenoxy) is 1. The third-order valence-electron chi connectivity index (χ3n) is 4.03. The van der Waals surface area contributed by atoms with Crippen LogP contribution in [-0.2, 0) is 21.2 Å². The van der Waals surface area contributed by atoms with Crippen molar-refractivity contribution in [3.8, 4) is 5.75 Å². The summed E-state index contributed by atoms with van der Waals surface area (Å²) >= 11 is 5.72. The molecule has 0 aliphatic heterocycles. The summed E-state index contributed by atoms with van der Waals surface area (Å²) in [6, 6.07) is 11.2. The third kappa shape index (κ3) is 7.21. The molecule has 9 heteroatoms. The third-order valence-corrected chi connectivity index (χ3v) is 5.46. The van der Waals surface area contributed by atoms with Gasteiger partial charge in [-0.25, -0.2) is 12.8 Å². The highest BCUT2D eigenvalue weighted by Gasteiger charge is 2.21. The normalized spacial score (nSPS) is 11.2. The first kappa shape index (κ1) is 23.0. The molecular formula is C20H24ClFN2O4S. The zero-order chi connectivity index (χ0) is 21.4. The fraction of sp³-hybridized carbons (Fsp3) is 0.350. The van der Waals surface area contributed by atoms with Crippen LogP contribution in [-0.4, -0.2) is 40.3 Å². The molecule has 0 heterocycles. The second-order valence-corrected chi connectivity index (χ2v) is 8.77. The molecule has 0 aromatic heterocycles. The summed E-state index contributed by atoms with van der Waals surface area (Å²) in [6.07, 6.45) is 3.04. The number of amides is 1. The number of nitrogens with one attached hydrogen (secondary N) is 1. The van der Waals surface area contributed by atoms with Gasteiger partial charge in [-0.2, -0.15) is 0 Å². The summed E-state index contributed by atoms with van der Waals surface area (Å²) in [6.45, 7) is 2.10. The molecule has 1 N–H and O–H groups in total. The summed E-state index contributed by atoms with van der Waals surface area (Å²) in [7, 11) is -3.76. The second kappa shape index (κ2) is 10.5. The summed E-state index contributed by atoms with van der Waals surface area (Å²) in [4.78, 5) is 12.2. The van der Waals surface area contributed by atoms with Crippen molar-refractivity contribution >= 4 is 33.2 Å². The van der Waals surface area contributed by atoms with Gasteiger partial charge < -0.3 is 10.1 Å². The number of anilines is 1. The van der Waals surface area contributed by atoms with Crippen molar-refractivity contribution in [2.75, 3.05) is 30.3 Å². The van der Waals surface area contributed by atoms with Crippen molar-refractivity contribution < 1.29 is 22.3 Å². The van der Waals surface area contributed by atoms with Gasteiger partial charge >= 0.3 is 0 Å². The van der Waals surface area contributed by atoms with Gasteiger partial charge in [0.05, 0.1) is 23.5 Å². The highest BCUT2D eigenvalue weighted by atomic mass is 35.5. The van der Waals surface area contributed by atoms with Crippen LogP contribution in [0.2, 0.25) is 5.02 Å². The molecule has 0 atom stereocenters. The van der Waals surface area contributed by atoms with Crippen LogP contribution in [0.15, 0.2) is 42.5 Å². The Morgan fingerprint density at radius 3 is 2.48 bits per heavy atom. The molecule has 0 spiro atoms. The number of carbonyl (C=O) groups excluding carboxylic acids is 1. The number of rotatable bonds is 10. The quantitative estimate of drug-likeness (QED) is 0.572. The van der Waals surface area contributed by atoms with Gasteiger partial charge in [0.25, 0.3) is 0 Å². The summed E-state index contributed by atoms with van der Waals surface area (Å²) in [5.74, 6) is -0.497. The Labute approximate surface area is 175 Å². The Bertz CT molecular complexity index is 936. The predicted molar refractivity (Wildman–Crippen MR) is 113 cm³/mol. The molecule has 0 aliphatic rings. The molecule has 0 fully saturated rings. The SMILES string of the molecule is CCCc1ccc(OCCNC(=O)CN(c2ccc(F)c(Cl)c2)S(C)(=O)=O)cc1. The lowest BCUT2D eigenvalue weighted by Crippen LogP contribution is -2.41. The maximum atomic E-state index is 13.3. The predicted octanol–water partition coefficient (Wildman–Crippen LogP) is 3.39. The maximum absolute atomic E-state index is 13.3. The number of halogens is 2. The monoisotopic (exact) mass is 442 g/mol. The molecule has 0 bridgehead atoms. The molecule has 0 saturated carbocycles. The van der Waals surface area contributed by atoms with Gasteiger partial charge in [0.1, 0.15) is 24.7 Å². The van der Waals surface area contributed by atoms with E-state index >= 15 is 0 Å². The number of benzene rings is 2. The molecule has 29 heavy (non-hydrogen) atoms. The number of hydrogen-bond donors (Lipinski definition) is 1. The zero-order valence-corrected chi connectivity index (χ0v) is 17.9. The van der Waals surface area contributed by atoms with Crippen molar-refractivity contribution in [1.82, 2.24) is 5.32 Å². The number of carbonyl (C=O) groups is 1. The molecule has 0 saturated heterocycles. The van der Waals surface area contributed by atoms with Gasteiger partial charge in [0.2, 0.25) is 15.9 Å². The molecule has 2 rings (SSSR count). The van der Waals surface area contributed by atoms with E-state index in [1.165, 1.54) is 11.6 Å². The van der Waals surface area contributed by atoms with Crippen LogP contribution >= 0.6 is 11.6 Å². The number of nitrogens with zero attached hydrogens (tertiary/aromatic N) is 1. The average Bonchev–Trinajstić information content (AvgIpc) is 2.66. The lowest BCUT2D eigenvalue weighted by atomic mass is 10.1. The van der Waals surface area contributed by atoms with Crippen molar-refractivity contribution in [3.05, 3.63) is 58.9 Å². The van der Waals surface area contributed by atoms with Crippen LogP contribution in [0.5, 0.6) is 5.75 Å². The molecule has 158 valence electrons. The highest BCUT2D eigenvalue weighted by Crippen LogP contribution is 2.24. The van der Waals surface area contributed by atoms with Crippen molar-refractivity contribution in [2.24, 2.45) is 0 Å². The van der Waals surface area contributed by atoms with Crippen LogP contribution in [0, 0.1) is 5.82 Å². The van der Waals surface area contributed by atoms with Crippen LogP contribution < -0.4 is 14.4 Å². The van der Waals surface area contributed by atoms with Gasteiger partial charge in [0.15, 0.2) is 0 Å². The Kier molecular flexibility index (Phi) is 8.28. The molecule has 0 aliphatic carbocycles. The van der Waals surface area contributed by atoms with E-state index < -0.39 is 28.3 Å². The second-order valence-electron chi connectivity index (χ2n) is 6.46. The van der Waals surface area contributed by atoms with Crippen molar-refractivity contribution in [1.29, 1.82) is 0 Å². The first-order chi connectivity index (χ1) is 13.7. The van der Waals surface area contributed by atoms with Gasteiger partial charge in [-0.1, -0.05) is 37.1 Å². The van der Waals surface area contributed by atoms with Crippen LogP contribution in [0.25, 0.3) is 0 Å². The maximum Gasteiger partial charge on any atom is 0.240 e. The van der Waals surface area contributed by atoms with E-state index in [2.05, 4.69) is 12.2 Å². The molecule has 1 amide bonds. The molecule has 0 radical (unpaired) electrons. The average molecular weight is 443 g/mol. The Morgan fingerprint density at radius 2 is 1.90 bits per heavy atom. The van der Waals surface area contributed by atoms with E-state index in [1.807, 2.05) is 24.3 Å². The summed E-state index contributed by atoms with van der Waals surface area (Å²) < 4.78 is 43.8. The minimum Gasteiger partial charge on any atom is -0.492 e. The number of sulfonamides is 1. The van der Waals surface area contributed by atoms with Crippen molar-refractivity contribution in [2.45, 2.75) is 19.8 Å². The zero-order valence-electron chi connectivity index (χ0n) is 16.3. The first-order valence-electron chi connectivity index (χ1n) is 9.12. The van der Waals surface area contributed by atoms with E-state index in [4.69, 9.17) is 16.3 Å². The smallest absolute Gasteiger partial charge is 0.240 e. The Morgan fingerprint density at radius 1 is 1.21 bits per heavy atom. The van der Waals surface area contributed by atoms with E-state index in [-0.39, 0.29) is 23.9 Å². The standard InChI is InChI=1S/C20H24ClFN2O4S/c1-3-4-15-5-8-17(9-6-15)28-12-11-23-20(25)14-24(29(2,26)27)16-7-10-19(22)18(21)13-16/h5-10,13H,3-4,11-12,14H2,1-2H3,(H,23,25). The summed E-state index contributed by atoms with van der Waals surface area (Å²) in [5.41, 5.74) is 1.34. The molecule has 2 aromatic carbocycles. The van der Waals surface area contributed by atoms with E-state index in [9.17, 15) is 17.6 Å². The minimum atomic E-state index is -3.76. The fourth-order valence-corrected chi connectivity index (χ4v) is 3.65. The van der Waals surface area contributed by atoms with Crippen LogP contribution in [0.3, 0.4) is 0 Å². The largest absolute Gasteiger partial charge is 0.492 e. The van der Waals surface area contributed by atoms with E-state index in [0.29, 0.717) is 5.75 Å². The van der Waals surface area contributed by atoms with Gasteiger partial charge in [-0.3, -0.25) is 9.10 Å². The molecule has 6 nitrogen and oxygen atoms in total. The molecular weight excluding hydrogens is 419 g/mol. The van der Waals surface area contributed by atoms with Crippen LogP contribution in [0.1, 0.15) is 18.9 Å². The van der Waals surface area contributed by atoms with E-state index in [0.717, 1.165) is 35.5 Å². The Hall–Kier alpha value is -2.32. The van der Waals surface area contributed by atoms with Crippen molar-refractivity contribution in [3.63, 3.8) is 0 Å². The molecule has 2 aromatic rings. The minimum absolute atomic E-state index is 0.109. The van der Waals surface area contributed by atoms with Gasteiger partial charge in [-0.15, -0.1) is 0 Å². The number of hydrogen-bond acceptors (Lipinski definition) is 4. The van der Waals surface area contributed by atoms with Gasteiger partial charge in [0, 0.05) is 0 Å². The van der Waals surface area contributed by atoms with Gasteiger partial charge in [-0.05, 0) is 42.3 Å². The highest BCUT2D eigenvalue weighted by molar-refractivity contribution is 7.92. The number of aryl methyl sites for hydroxylation is 1.